The van der Waals surface area contributed by atoms with E-state index in [2.05, 4.69) is 21.8 Å². The first-order valence-electron chi connectivity index (χ1n) is 7.31. The number of methoxy groups -OCH3 is 1. The third kappa shape index (κ3) is 5.99. The Balaban J connectivity index is 0.00000288. The number of benzene rings is 1. The van der Waals surface area contributed by atoms with Crippen molar-refractivity contribution in [3.8, 4) is 5.75 Å². The van der Waals surface area contributed by atoms with E-state index in [1.165, 1.54) is 13.2 Å². The van der Waals surface area contributed by atoms with Gasteiger partial charge < -0.3 is 20.4 Å². The Morgan fingerprint density at radius 1 is 1.44 bits per heavy atom. The minimum absolute atomic E-state index is 0. The standard InChI is InChI=1S/C16H21ClN4O2.2ClH/c1-10(9-21-5-4-19-11(21)2)8-20-16(22)12-6-13(17)14(18)7-15(12)23-3;;/h4-7,10H,8-9,18H2,1-3H3,(H,20,22);2*1H. The van der Waals surface area contributed by atoms with Crippen LogP contribution in [-0.2, 0) is 6.54 Å². The molecule has 1 aromatic heterocycles. The molecule has 0 bridgehead atoms. The summed E-state index contributed by atoms with van der Waals surface area (Å²) in [5.74, 6) is 1.37. The van der Waals surface area contributed by atoms with Crippen molar-refractivity contribution in [2.75, 3.05) is 19.4 Å². The van der Waals surface area contributed by atoms with Gasteiger partial charge in [0.15, 0.2) is 0 Å². The molecule has 25 heavy (non-hydrogen) atoms. The first-order valence-corrected chi connectivity index (χ1v) is 7.69. The number of hydrogen-bond acceptors (Lipinski definition) is 4. The summed E-state index contributed by atoms with van der Waals surface area (Å²) in [4.78, 5) is 16.5. The van der Waals surface area contributed by atoms with Gasteiger partial charge in [-0.25, -0.2) is 4.98 Å². The minimum Gasteiger partial charge on any atom is -0.496 e. The summed E-state index contributed by atoms with van der Waals surface area (Å²) in [7, 11) is 1.49. The van der Waals surface area contributed by atoms with Crippen molar-refractivity contribution in [2.45, 2.75) is 20.4 Å². The lowest BCUT2D eigenvalue weighted by Gasteiger charge is -2.16. The molecule has 1 unspecified atom stereocenters. The van der Waals surface area contributed by atoms with Crippen molar-refractivity contribution < 1.29 is 9.53 Å². The number of carbonyl (C=O) groups excluding carboxylic acids is 1. The molecule has 2 aromatic rings. The fraction of sp³-hybridized carbons (Fsp3) is 0.375. The summed E-state index contributed by atoms with van der Waals surface area (Å²) < 4.78 is 7.25. The number of ether oxygens (including phenoxy) is 1. The number of nitrogens with zero attached hydrogens (tertiary/aromatic N) is 2. The van der Waals surface area contributed by atoms with Gasteiger partial charge in [-0.2, -0.15) is 0 Å². The lowest BCUT2D eigenvalue weighted by Crippen LogP contribution is -2.30. The zero-order valence-corrected chi connectivity index (χ0v) is 16.7. The zero-order chi connectivity index (χ0) is 17.0. The molecule has 0 aliphatic carbocycles. The number of anilines is 1. The van der Waals surface area contributed by atoms with Gasteiger partial charge >= 0.3 is 0 Å². The topological polar surface area (TPSA) is 82.2 Å². The quantitative estimate of drug-likeness (QED) is 0.717. The van der Waals surface area contributed by atoms with Gasteiger partial charge in [0, 0.05) is 31.5 Å². The average Bonchev–Trinajstić information content (AvgIpc) is 2.92. The predicted octanol–water partition coefficient (Wildman–Crippen LogP) is 3.35. The zero-order valence-electron chi connectivity index (χ0n) is 14.3. The number of halogens is 3. The molecule has 0 aliphatic rings. The smallest absolute Gasteiger partial charge is 0.255 e. The van der Waals surface area contributed by atoms with E-state index in [-0.39, 0.29) is 36.6 Å². The molecule has 6 nitrogen and oxygen atoms in total. The Morgan fingerprint density at radius 3 is 2.68 bits per heavy atom. The van der Waals surface area contributed by atoms with Crippen LogP contribution in [0, 0.1) is 12.8 Å². The average molecular weight is 410 g/mol. The van der Waals surface area contributed by atoms with Gasteiger partial charge in [-0.05, 0) is 18.9 Å². The van der Waals surface area contributed by atoms with Crippen LogP contribution in [0.15, 0.2) is 24.5 Å². The van der Waals surface area contributed by atoms with Gasteiger partial charge in [-0.1, -0.05) is 18.5 Å². The normalized spacial score (nSPS) is 11.0. The van der Waals surface area contributed by atoms with E-state index < -0.39 is 0 Å². The van der Waals surface area contributed by atoms with Crippen LogP contribution in [0.1, 0.15) is 23.1 Å². The maximum absolute atomic E-state index is 12.4. The molecule has 1 heterocycles. The molecule has 0 saturated heterocycles. The number of nitrogens with two attached hydrogens (primary N) is 1. The SMILES string of the molecule is COc1cc(N)c(Cl)cc1C(=O)NCC(C)Cn1ccnc1C.Cl.Cl. The van der Waals surface area contributed by atoms with Crippen LogP contribution in [0.25, 0.3) is 0 Å². The number of aryl methyl sites for hydroxylation is 1. The van der Waals surface area contributed by atoms with E-state index in [0.717, 1.165) is 12.4 Å². The van der Waals surface area contributed by atoms with Gasteiger partial charge in [-0.3, -0.25) is 4.79 Å². The van der Waals surface area contributed by atoms with Crippen LogP contribution in [0.2, 0.25) is 5.02 Å². The molecule has 140 valence electrons. The van der Waals surface area contributed by atoms with Crippen molar-refractivity contribution in [1.29, 1.82) is 0 Å². The van der Waals surface area contributed by atoms with Crippen LogP contribution >= 0.6 is 36.4 Å². The summed E-state index contributed by atoms with van der Waals surface area (Å²) in [6.07, 6.45) is 3.69. The molecule has 0 saturated carbocycles. The molecule has 1 amide bonds. The van der Waals surface area contributed by atoms with Crippen molar-refractivity contribution in [3.63, 3.8) is 0 Å². The van der Waals surface area contributed by atoms with Gasteiger partial charge in [0.1, 0.15) is 11.6 Å². The molecule has 1 atom stereocenters. The molecular weight excluding hydrogens is 387 g/mol. The van der Waals surface area contributed by atoms with E-state index in [1.807, 2.05) is 13.1 Å². The van der Waals surface area contributed by atoms with E-state index in [9.17, 15) is 4.79 Å². The van der Waals surface area contributed by atoms with Gasteiger partial charge in [-0.15, -0.1) is 24.8 Å². The maximum Gasteiger partial charge on any atom is 0.255 e. The number of imidazole rings is 1. The van der Waals surface area contributed by atoms with Crippen molar-refractivity contribution in [3.05, 3.63) is 40.9 Å². The Morgan fingerprint density at radius 2 is 2.12 bits per heavy atom. The number of rotatable bonds is 6. The molecule has 0 radical (unpaired) electrons. The summed E-state index contributed by atoms with van der Waals surface area (Å²) in [6, 6.07) is 3.07. The Kier molecular flexibility index (Phi) is 9.70. The minimum atomic E-state index is -0.238. The number of carbonyl (C=O) groups is 1. The third-order valence-electron chi connectivity index (χ3n) is 3.61. The molecule has 0 fully saturated rings. The Labute approximate surface area is 164 Å². The van der Waals surface area contributed by atoms with Gasteiger partial charge in [0.25, 0.3) is 5.91 Å². The molecule has 0 spiro atoms. The Bertz CT molecular complexity index is 707. The lowest BCUT2D eigenvalue weighted by molar-refractivity contribution is 0.0944. The number of hydrogen-bond donors (Lipinski definition) is 2. The number of amides is 1. The summed E-state index contributed by atoms with van der Waals surface area (Å²) in [5.41, 5.74) is 6.48. The second-order valence-electron chi connectivity index (χ2n) is 5.52. The highest BCUT2D eigenvalue weighted by molar-refractivity contribution is 6.33. The van der Waals surface area contributed by atoms with E-state index in [1.54, 1.807) is 12.3 Å². The highest BCUT2D eigenvalue weighted by Gasteiger charge is 2.16. The number of aromatic nitrogens is 2. The summed E-state index contributed by atoms with van der Waals surface area (Å²) in [5, 5.41) is 3.23. The van der Waals surface area contributed by atoms with Crippen molar-refractivity contribution >= 4 is 48.0 Å². The molecule has 1 aromatic carbocycles. The third-order valence-corrected chi connectivity index (χ3v) is 3.93. The predicted molar refractivity (Wildman–Crippen MR) is 105 cm³/mol. The summed E-state index contributed by atoms with van der Waals surface area (Å²) in [6.45, 7) is 5.33. The van der Waals surface area contributed by atoms with Crippen LogP contribution in [0.4, 0.5) is 5.69 Å². The molecule has 9 heteroatoms. The van der Waals surface area contributed by atoms with E-state index in [4.69, 9.17) is 22.1 Å². The highest BCUT2D eigenvalue weighted by Crippen LogP contribution is 2.28. The lowest BCUT2D eigenvalue weighted by atomic mass is 10.1. The monoisotopic (exact) mass is 408 g/mol. The molecule has 0 aliphatic heterocycles. The first-order chi connectivity index (χ1) is 10.9. The van der Waals surface area contributed by atoms with Crippen LogP contribution in [0.5, 0.6) is 5.75 Å². The van der Waals surface area contributed by atoms with Crippen molar-refractivity contribution in [1.82, 2.24) is 14.9 Å². The first kappa shape index (κ1) is 23.4. The Hall–Kier alpha value is -1.63. The largest absolute Gasteiger partial charge is 0.496 e. The number of nitrogens with one attached hydrogen (secondary N) is 1. The summed E-state index contributed by atoms with van der Waals surface area (Å²) >= 11 is 5.99. The van der Waals surface area contributed by atoms with Crippen LogP contribution < -0.4 is 15.8 Å². The van der Waals surface area contributed by atoms with Crippen molar-refractivity contribution in [2.24, 2.45) is 5.92 Å². The van der Waals surface area contributed by atoms with Crippen LogP contribution in [0.3, 0.4) is 0 Å². The number of nitrogen functional groups attached to an aromatic ring is 1. The second-order valence-corrected chi connectivity index (χ2v) is 5.92. The van der Waals surface area contributed by atoms with Crippen LogP contribution in [-0.4, -0.2) is 29.1 Å². The fourth-order valence-electron chi connectivity index (χ4n) is 2.27. The fourth-order valence-corrected chi connectivity index (χ4v) is 2.44. The molecular formula is C16H23Cl3N4O2. The molecule has 2 rings (SSSR count). The van der Waals surface area contributed by atoms with E-state index in [0.29, 0.717) is 28.6 Å². The van der Waals surface area contributed by atoms with E-state index >= 15 is 0 Å². The van der Waals surface area contributed by atoms with Gasteiger partial charge in [0.05, 0.1) is 23.4 Å². The molecule has 3 N–H and O–H groups in total. The second kappa shape index (κ2) is 10.4. The maximum atomic E-state index is 12.4. The highest BCUT2D eigenvalue weighted by atomic mass is 35.5. The van der Waals surface area contributed by atoms with Gasteiger partial charge in [0.2, 0.25) is 0 Å².